The number of aryl methyl sites for hydroxylation is 1. The molecule has 0 aliphatic carbocycles. The van der Waals surface area contributed by atoms with E-state index in [1.807, 2.05) is 31.2 Å². The fraction of sp³-hybridized carbons (Fsp3) is 0.0526. The normalized spacial score (nSPS) is 10.8. The Bertz CT molecular complexity index is 1160. The molecule has 0 fully saturated rings. The van der Waals surface area contributed by atoms with Crippen LogP contribution in [0.2, 0.25) is 0 Å². The highest BCUT2D eigenvalue weighted by molar-refractivity contribution is 7.13. The van der Waals surface area contributed by atoms with Crippen LogP contribution in [0.1, 0.15) is 16.1 Å². The molecule has 4 rings (SSSR count). The number of para-hydroxylation sites is 1. The number of benzene rings is 2. The van der Waals surface area contributed by atoms with Gasteiger partial charge in [0, 0.05) is 10.9 Å². The Hall–Kier alpha value is -3.32. The number of carbonyl (C=O) groups is 1. The molecule has 1 N–H and O–H groups in total. The number of thiazole rings is 1. The number of hydrogen-bond donors (Lipinski definition) is 1. The third kappa shape index (κ3) is 3.00. The van der Waals surface area contributed by atoms with Gasteiger partial charge in [0.25, 0.3) is 11.5 Å². The quantitative estimate of drug-likeness (QED) is 0.607. The van der Waals surface area contributed by atoms with Crippen LogP contribution >= 0.6 is 11.3 Å². The summed E-state index contributed by atoms with van der Waals surface area (Å²) in [6, 6.07) is 14.9. The van der Waals surface area contributed by atoms with Crippen LogP contribution in [0.4, 0.5) is 0 Å². The highest BCUT2D eigenvalue weighted by Gasteiger charge is 2.13. The van der Waals surface area contributed by atoms with Gasteiger partial charge in [-0.1, -0.05) is 42.0 Å². The number of fused-ring (bicyclic) bond motifs is 1. The zero-order valence-electron chi connectivity index (χ0n) is 13.8. The molecule has 0 bridgehead atoms. The van der Waals surface area contributed by atoms with Gasteiger partial charge in [0.15, 0.2) is 0 Å². The average Bonchev–Trinajstić information content (AvgIpc) is 3.15. The predicted octanol–water partition coefficient (Wildman–Crippen LogP) is 3.21. The molecular weight excluding hydrogens is 348 g/mol. The van der Waals surface area contributed by atoms with Gasteiger partial charge < -0.3 is 0 Å². The molecule has 2 heterocycles. The summed E-state index contributed by atoms with van der Waals surface area (Å²) in [5, 5.41) is 2.86. The van der Waals surface area contributed by atoms with E-state index >= 15 is 0 Å². The molecule has 2 aromatic heterocycles. The molecule has 2 aromatic carbocycles. The van der Waals surface area contributed by atoms with Gasteiger partial charge in [0.2, 0.25) is 0 Å². The van der Waals surface area contributed by atoms with Crippen LogP contribution in [0.15, 0.2) is 65.0 Å². The Morgan fingerprint density at radius 2 is 1.88 bits per heavy atom. The minimum atomic E-state index is -0.459. The summed E-state index contributed by atoms with van der Waals surface area (Å²) in [4.78, 5) is 33.4. The lowest BCUT2D eigenvalue weighted by atomic mass is 10.2. The number of amides is 1. The van der Waals surface area contributed by atoms with Gasteiger partial charge in [-0.15, -0.1) is 11.3 Å². The summed E-state index contributed by atoms with van der Waals surface area (Å²) in [5.41, 5.74) is 5.15. The van der Waals surface area contributed by atoms with Crippen LogP contribution in [0.5, 0.6) is 0 Å². The summed E-state index contributed by atoms with van der Waals surface area (Å²) >= 11 is 1.38. The zero-order chi connectivity index (χ0) is 18.1. The molecule has 0 aliphatic rings. The lowest BCUT2D eigenvalue weighted by Crippen LogP contribution is -2.33. The molecule has 0 saturated carbocycles. The SMILES string of the molecule is Cc1ccc(-c2nc(C(=O)Nn3cnc4ccccc4c3=O)cs2)cc1. The summed E-state index contributed by atoms with van der Waals surface area (Å²) in [6.07, 6.45) is 1.30. The fourth-order valence-corrected chi connectivity index (χ4v) is 3.33. The Kier molecular flexibility index (Phi) is 4.06. The summed E-state index contributed by atoms with van der Waals surface area (Å²) in [5.74, 6) is -0.459. The summed E-state index contributed by atoms with van der Waals surface area (Å²) < 4.78 is 1.08. The van der Waals surface area contributed by atoms with E-state index in [0.29, 0.717) is 10.9 Å². The Morgan fingerprint density at radius 1 is 1.12 bits per heavy atom. The second-order valence-electron chi connectivity index (χ2n) is 5.78. The third-order valence-corrected chi connectivity index (χ3v) is 4.81. The van der Waals surface area contributed by atoms with Crippen molar-refractivity contribution in [1.29, 1.82) is 0 Å². The first kappa shape index (κ1) is 16.2. The Labute approximate surface area is 152 Å². The Balaban J connectivity index is 1.60. The molecular formula is C19H14N4O2S. The van der Waals surface area contributed by atoms with Gasteiger partial charge in [0.05, 0.1) is 10.9 Å². The Morgan fingerprint density at radius 3 is 2.69 bits per heavy atom. The molecule has 26 heavy (non-hydrogen) atoms. The number of aromatic nitrogens is 3. The molecule has 0 radical (unpaired) electrons. The molecule has 0 unspecified atom stereocenters. The van der Waals surface area contributed by atoms with E-state index in [0.717, 1.165) is 20.8 Å². The molecule has 128 valence electrons. The van der Waals surface area contributed by atoms with Crippen molar-refractivity contribution in [1.82, 2.24) is 14.6 Å². The second-order valence-corrected chi connectivity index (χ2v) is 6.64. The average molecular weight is 362 g/mol. The molecule has 7 heteroatoms. The zero-order valence-corrected chi connectivity index (χ0v) is 14.7. The van der Waals surface area contributed by atoms with Crippen molar-refractivity contribution in [2.24, 2.45) is 0 Å². The van der Waals surface area contributed by atoms with Crippen LogP contribution < -0.4 is 11.0 Å². The molecule has 0 aliphatic heterocycles. The van der Waals surface area contributed by atoms with Crippen LogP contribution in [-0.4, -0.2) is 20.6 Å². The van der Waals surface area contributed by atoms with E-state index in [4.69, 9.17) is 0 Å². The first-order chi connectivity index (χ1) is 12.6. The number of nitrogens with zero attached hydrogens (tertiary/aromatic N) is 3. The van der Waals surface area contributed by atoms with E-state index in [1.165, 1.54) is 17.7 Å². The van der Waals surface area contributed by atoms with E-state index in [-0.39, 0.29) is 11.3 Å². The lowest BCUT2D eigenvalue weighted by Gasteiger charge is -2.07. The van der Waals surface area contributed by atoms with Gasteiger partial charge >= 0.3 is 0 Å². The first-order valence-electron chi connectivity index (χ1n) is 7.92. The smallest absolute Gasteiger partial charge is 0.267 e. The van der Waals surface area contributed by atoms with Crippen molar-refractivity contribution in [2.45, 2.75) is 6.92 Å². The topological polar surface area (TPSA) is 76.9 Å². The molecule has 1 amide bonds. The van der Waals surface area contributed by atoms with Gasteiger partial charge in [-0.25, -0.2) is 14.6 Å². The maximum Gasteiger partial charge on any atom is 0.289 e. The van der Waals surface area contributed by atoms with E-state index in [2.05, 4.69) is 15.4 Å². The summed E-state index contributed by atoms with van der Waals surface area (Å²) in [6.45, 7) is 2.01. The first-order valence-corrected chi connectivity index (χ1v) is 8.80. The van der Waals surface area contributed by atoms with Crippen LogP contribution in [0.25, 0.3) is 21.5 Å². The minimum Gasteiger partial charge on any atom is -0.267 e. The largest absolute Gasteiger partial charge is 0.289 e. The van der Waals surface area contributed by atoms with Gasteiger partial charge in [-0.3, -0.25) is 15.0 Å². The molecule has 0 atom stereocenters. The van der Waals surface area contributed by atoms with Gasteiger partial charge in [-0.2, -0.15) is 0 Å². The maximum absolute atomic E-state index is 12.4. The van der Waals surface area contributed by atoms with Crippen LogP contribution in [-0.2, 0) is 0 Å². The van der Waals surface area contributed by atoms with Crippen LogP contribution in [0, 0.1) is 6.92 Å². The van der Waals surface area contributed by atoms with Crippen molar-refractivity contribution in [3.05, 3.63) is 81.8 Å². The lowest BCUT2D eigenvalue weighted by molar-refractivity contribution is 0.100. The van der Waals surface area contributed by atoms with Crippen molar-refractivity contribution < 1.29 is 4.79 Å². The van der Waals surface area contributed by atoms with E-state index in [1.54, 1.807) is 29.6 Å². The van der Waals surface area contributed by atoms with Crippen molar-refractivity contribution in [2.75, 3.05) is 5.43 Å². The van der Waals surface area contributed by atoms with Gasteiger partial charge in [0.1, 0.15) is 17.0 Å². The number of carbonyl (C=O) groups excluding carboxylic acids is 1. The van der Waals surface area contributed by atoms with E-state index < -0.39 is 5.91 Å². The molecule has 0 spiro atoms. The highest BCUT2D eigenvalue weighted by Crippen LogP contribution is 2.24. The predicted molar refractivity (Wildman–Crippen MR) is 102 cm³/mol. The molecule has 0 saturated heterocycles. The van der Waals surface area contributed by atoms with E-state index in [9.17, 15) is 9.59 Å². The highest BCUT2D eigenvalue weighted by atomic mass is 32.1. The minimum absolute atomic E-state index is 0.255. The number of rotatable bonds is 3. The maximum atomic E-state index is 12.4. The second kappa shape index (κ2) is 6.53. The van der Waals surface area contributed by atoms with Gasteiger partial charge in [-0.05, 0) is 19.1 Å². The third-order valence-electron chi connectivity index (χ3n) is 3.92. The van der Waals surface area contributed by atoms with Crippen LogP contribution in [0.3, 0.4) is 0 Å². The monoisotopic (exact) mass is 362 g/mol. The van der Waals surface area contributed by atoms with Crippen molar-refractivity contribution in [3.63, 3.8) is 0 Å². The standard InChI is InChI=1S/C19H14N4O2S/c1-12-6-8-13(9-7-12)18-21-16(10-26-18)17(24)22-23-11-20-15-5-3-2-4-14(15)19(23)25/h2-11H,1H3,(H,22,24). The molecule has 6 nitrogen and oxygen atoms in total. The number of hydrogen-bond acceptors (Lipinski definition) is 5. The molecule has 4 aromatic rings. The van der Waals surface area contributed by atoms with Crippen molar-refractivity contribution >= 4 is 28.1 Å². The summed E-state index contributed by atoms with van der Waals surface area (Å²) in [7, 11) is 0. The fourth-order valence-electron chi connectivity index (χ4n) is 2.52. The van der Waals surface area contributed by atoms with Crippen molar-refractivity contribution in [3.8, 4) is 10.6 Å². The number of nitrogens with one attached hydrogen (secondary N) is 1.